The lowest BCUT2D eigenvalue weighted by Gasteiger charge is -2.18. The number of benzene rings is 3. The Morgan fingerprint density at radius 3 is 2.55 bits per heavy atom. The van der Waals surface area contributed by atoms with Gasteiger partial charge in [0.05, 0.1) is 0 Å². The van der Waals surface area contributed by atoms with E-state index in [1.807, 2.05) is 42.5 Å². The molecule has 4 nitrogen and oxygen atoms in total. The molecule has 0 radical (unpaired) electrons. The van der Waals surface area contributed by atoms with E-state index in [4.69, 9.17) is 0 Å². The minimum absolute atomic E-state index is 0.0206. The van der Waals surface area contributed by atoms with Crippen LogP contribution in [0.25, 0.3) is 0 Å². The summed E-state index contributed by atoms with van der Waals surface area (Å²) < 4.78 is 0. The summed E-state index contributed by atoms with van der Waals surface area (Å²) in [6.07, 6.45) is 2.50. The zero-order valence-corrected chi connectivity index (χ0v) is 16.5. The van der Waals surface area contributed by atoms with Crippen molar-refractivity contribution in [2.45, 2.75) is 25.2 Å². The number of hydrogen-bond acceptors (Lipinski definition) is 2. The molecule has 4 rings (SSSR count). The molecule has 1 aliphatic carbocycles. The molecule has 1 unspecified atom stereocenters. The molecule has 0 aromatic heterocycles. The Labute approximate surface area is 171 Å². The summed E-state index contributed by atoms with van der Waals surface area (Å²) in [6.45, 7) is 0. The summed E-state index contributed by atoms with van der Waals surface area (Å²) in [5, 5.41) is 2.96. The van der Waals surface area contributed by atoms with Gasteiger partial charge >= 0.3 is 0 Å². The largest absolute Gasteiger partial charge is 0.326 e. The second-order valence-electron chi connectivity index (χ2n) is 7.47. The molecule has 0 saturated carbocycles. The average molecular weight is 384 g/mol. The lowest BCUT2D eigenvalue weighted by molar-refractivity contribution is -0.116. The van der Waals surface area contributed by atoms with E-state index in [-0.39, 0.29) is 17.7 Å². The van der Waals surface area contributed by atoms with Crippen LogP contribution in [0.3, 0.4) is 0 Å². The molecule has 0 bridgehead atoms. The summed E-state index contributed by atoms with van der Waals surface area (Å²) >= 11 is 0. The molecule has 4 heteroatoms. The van der Waals surface area contributed by atoms with Crippen LogP contribution in [0.1, 0.15) is 40.2 Å². The molecule has 1 N–H and O–H groups in total. The van der Waals surface area contributed by atoms with Crippen molar-refractivity contribution in [2.24, 2.45) is 0 Å². The number of amides is 2. The molecular weight excluding hydrogens is 360 g/mol. The Kier molecular flexibility index (Phi) is 5.43. The van der Waals surface area contributed by atoms with Gasteiger partial charge in [-0.15, -0.1) is 0 Å². The Balaban J connectivity index is 1.42. The van der Waals surface area contributed by atoms with Crippen LogP contribution in [0.5, 0.6) is 0 Å². The SMILES string of the molecule is CN(C(=O)c1cccc(NC(=O)CC2CCc3ccccc32)c1)c1ccccc1. The van der Waals surface area contributed by atoms with Gasteiger partial charge in [-0.1, -0.05) is 48.5 Å². The first kappa shape index (κ1) is 18.9. The van der Waals surface area contributed by atoms with Crippen molar-refractivity contribution < 1.29 is 9.59 Å². The van der Waals surface area contributed by atoms with E-state index in [9.17, 15) is 9.59 Å². The number of rotatable bonds is 5. The minimum Gasteiger partial charge on any atom is -0.326 e. The van der Waals surface area contributed by atoms with Crippen molar-refractivity contribution in [3.05, 3.63) is 95.6 Å². The van der Waals surface area contributed by atoms with Crippen LogP contribution in [0, 0.1) is 0 Å². The molecule has 29 heavy (non-hydrogen) atoms. The zero-order chi connectivity index (χ0) is 20.2. The number of carbonyl (C=O) groups is 2. The highest BCUT2D eigenvalue weighted by atomic mass is 16.2. The molecule has 0 fully saturated rings. The molecule has 0 heterocycles. The van der Waals surface area contributed by atoms with Crippen LogP contribution in [0.2, 0.25) is 0 Å². The van der Waals surface area contributed by atoms with Gasteiger partial charge in [0, 0.05) is 30.4 Å². The van der Waals surface area contributed by atoms with Crippen LogP contribution in [0.4, 0.5) is 11.4 Å². The summed E-state index contributed by atoms with van der Waals surface area (Å²) in [5.74, 6) is 0.130. The molecular formula is C25H24N2O2. The molecule has 3 aromatic rings. The third kappa shape index (κ3) is 4.21. The second kappa shape index (κ2) is 8.31. The van der Waals surface area contributed by atoms with Crippen molar-refractivity contribution in [1.29, 1.82) is 0 Å². The monoisotopic (exact) mass is 384 g/mol. The number of fused-ring (bicyclic) bond motifs is 1. The van der Waals surface area contributed by atoms with Gasteiger partial charge in [-0.2, -0.15) is 0 Å². The Morgan fingerprint density at radius 2 is 1.72 bits per heavy atom. The average Bonchev–Trinajstić information content (AvgIpc) is 3.16. The predicted molar refractivity (Wildman–Crippen MR) is 116 cm³/mol. The van der Waals surface area contributed by atoms with Gasteiger partial charge in [0.25, 0.3) is 5.91 Å². The topological polar surface area (TPSA) is 49.4 Å². The van der Waals surface area contributed by atoms with E-state index in [1.54, 1.807) is 30.1 Å². The maximum Gasteiger partial charge on any atom is 0.258 e. The van der Waals surface area contributed by atoms with Gasteiger partial charge in [-0.3, -0.25) is 9.59 Å². The fourth-order valence-corrected chi connectivity index (χ4v) is 3.99. The first-order chi connectivity index (χ1) is 14.1. The smallest absolute Gasteiger partial charge is 0.258 e. The number of nitrogens with one attached hydrogen (secondary N) is 1. The number of aryl methyl sites for hydroxylation is 1. The van der Waals surface area contributed by atoms with Crippen molar-refractivity contribution in [3.8, 4) is 0 Å². The van der Waals surface area contributed by atoms with Crippen LogP contribution < -0.4 is 10.2 Å². The van der Waals surface area contributed by atoms with Crippen LogP contribution >= 0.6 is 0 Å². The molecule has 0 saturated heterocycles. The quantitative estimate of drug-likeness (QED) is 0.671. The van der Waals surface area contributed by atoms with E-state index in [1.165, 1.54) is 11.1 Å². The van der Waals surface area contributed by atoms with Crippen LogP contribution in [-0.2, 0) is 11.2 Å². The summed E-state index contributed by atoms with van der Waals surface area (Å²) in [5.41, 5.74) is 4.65. The lowest BCUT2D eigenvalue weighted by atomic mass is 9.97. The number of nitrogens with zero attached hydrogens (tertiary/aromatic N) is 1. The predicted octanol–water partition coefficient (Wildman–Crippen LogP) is 5.02. The van der Waals surface area contributed by atoms with Crippen molar-refractivity contribution in [3.63, 3.8) is 0 Å². The maximum atomic E-state index is 12.8. The van der Waals surface area contributed by atoms with Crippen LogP contribution in [-0.4, -0.2) is 18.9 Å². The first-order valence-electron chi connectivity index (χ1n) is 9.92. The number of para-hydroxylation sites is 1. The van der Waals surface area contributed by atoms with Gasteiger partial charge in [-0.25, -0.2) is 0 Å². The minimum atomic E-state index is -0.114. The Morgan fingerprint density at radius 1 is 0.966 bits per heavy atom. The fourth-order valence-electron chi connectivity index (χ4n) is 3.99. The second-order valence-corrected chi connectivity index (χ2v) is 7.47. The van der Waals surface area contributed by atoms with E-state index in [2.05, 4.69) is 23.5 Å². The molecule has 1 aliphatic rings. The van der Waals surface area contributed by atoms with Gasteiger partial charge in [0.2, 0.25) is 5.91 Å². The third-order valence-electron chi connectivity index (χ3n) is 5.53. The highest BCUT2D eigenvalue weighted by molar-refractivity contribution is 6.06. The fraction of sp³-hybridized carbons (Fsp3) is 0.200. The number of anilines is 2. The summed E-state index contributed by atoms with van der Waals surface area (Å²) in [4.78, 5) is 27.0. The molecule has 3 aromatic carbocycles. The molecule has 146 valence electrons. The Bertz CT molecular complexity index is 1030. The van der Waals surface area contributed by atoms with E-state index >= 15 is 0 Å². The highest BCUT2D eigenvalue weighted by Gasteiger charge is 2.24. The normalized spacial score (nSPS) is 14.9. The molecule has 1 atom stereocenters. The number of carbonyl (C=O) groups excluding carboxylic acids is 2. The summed E-state index contributed by atoms with van der Waals surface area (Å²) in [7, 11) is 1.75. The van der Waals surface area contributed by atoms with E-state index in [0.717, 1.165) is 18.5 Å². The zero-order valence-electron chi connectivity index (χ0n) is 16.5. The summed E-state index contributed by atoms with van der Waals surface area (Å²) in [6, 6.07) is 25.0. The van der Waals surface area contributed by atoms with Gasteiger partial charge in [0.15, 0.2) is 0 Å². The van der Waals surface area contributed by atoms with Gasteiger partial charge < -0.3 is 10.2 Å². The molecule has 0 aliphatic heterocycles. The first-order valence-corrected chi connectivity index (χ1v) is 9.92. The van der Waals surface area contributed by atoms with Crippen molar-refractivity contribution >= 4 is 23.2 Å². The van der Waals surface area contributed by atoms with Gasteiger partial charge in [-0.05, 0) is 60.2 Å². The lowest BCUT2D eigenvalue weighted by Crippen LogP contribution is -2.26. The van der Waals surface area contributed by atoms with Gasteiger partial charge in [0.1, 0.15) is 0 Å². The molecule has 0 spiro atoms. The Hall–Kier alpha value is -3.40. The van der Waals surface area contributed by atoms with Crippen molar-refractivity contribution in [1.82, 2.24) is 0 Å². The maximum absolute atomic E-state index is 12.8. The third-order valence-corrected chi connectivity index (χ3v) is 5.53. The van der Waals surface area contributed by atoms with Crippen molar-refractivity contribution in [2.75, 3.05) is 17.3 Å². The van der Waals surface area contributed by atoms with Crippen LogP contribution in [0.15, 0.2) is 78.9 Å². The van der Waals surface area contributed by atoms with E-state index < -0.39 is 0 Å². The molecule has 2 amide bonds. The van der Waals surface area contributed by atoms with E-state index in [0.29, 0.717) is 17.7 Å². The number of hydrogen-bond donors (Lipinski definition) is 1. The standard InChI is InChI=1S/C25H24N2O2/c1-27(22-11-3-2-4-12-22)25(29)20-9-7-10-21(16-20)26-24(28)17-19-15-14-18-8-5-6-13-23(18)19/h2-13,16,19H,14-15,17H2,1H3,(H,26,28). The highest BCUT2D eigenvalue weighted by Crippen LogP contribution is 2.35.